The lowest BCUT2D eigenvalue weighted by atomic mass is 10.0. The van der Waals surface area contributed by atoms with Crippen LogP contribution in [0.25, 0.3) is 0 Å². The van der Waals surface area contributed by atoms with E-state index in [1.807, 2.05) is 6.07 Å². The lowest BCUT2D eigenvalue weighted by Crippen LogP contribution is -2.16. The van der Waals surface area contributed by atoms with Crippen LogP contribution < -0.4 is 5.32 Å². The number of hydrogen-bond donors (Lipinski definition) is 1. The van der Waals surface area contributed by atoms with Crippen molar-refractivity contribution in [2.45, 2.75) is 6.92 Å². The van der Waals surface area contributed by atoms with Gasteiger partial charge < -0.3 is 10.1 Å². The summed E-state index contributed by atoms with van der Waals surface area (Å²) in [5, 5.41) is 2.72. The maximum atomic E-state index is 12.5. The van der Waals surface area contributed by atoms with Crippen LogP contribution in [0.15, 0.2) is 78.9 Å². The van der Waals surface area contributed by atoms with Crippen LogP contribution in [-0.2, 0) is 4.74 Å². The van der Waals surface area contributed by atoms with E-state index < -0.39 is 5.97 Å². The number of para-hydroxylation sites is 1. The Balaban J connectivity index is 1.76. The molecule has 0 aliphatic heterocycles. The number of benzene rings is 3. The topological polar surface area (TPSA) is 72.5 Å². The highest BCUT2D eigenvalue weighted by molar-refractivity contribution is 6.11. The van der Waals surface area contributed by atoms with E-state index in [-0.39, 0.29) is 23.9 Å². The van der Waals surface area contributed by atoms with Crippen molar-refractivity contribution in [3.63, 3.8) is 0 Å². The second-order valence-corrected chi connectivity index (χ2v) is 5.99. The molecule has 3 aromatic carbocycles. The third kappa shape index (κ3) is 4.32. The summed E-state index contributed by atoms with van der Waals surface area (Å²) in [5.41, 5.74) is 2.12. The van der Waals surface area contributed by atoms with E-state index >= 15 is 0 Å². The molecule has 1 N–H and O–H groups in total. The van der Waals surface area contributed by atoms with Gasteiger partial charge in [-0.15, -0.1) is 0 Å². The van der Waals surface area contributed by atoms with Crippen molar-refractivity contribution in [1.82, 2.24) is 0 Å². The molecule has 0 spiro atoms. The van der Waals surface area contributed by atoms with E-state index in [9.17, 15) is 14.4 Å². The smallest absolute Gasteiger partial charge is 0.340 e. The molecule has 0 heterocycles. The third-order valence-electron chi connectivity index (χ3n) is 4.12. The van der Waals surface area contributed by atoms with Gasteiger partial charge in [0.15, 0.2) is 5.78 Å². The quantitative estimate of drug-likeness (QED) is 0.515. The van der Waals surface area contributed by atoms with Crippen LogP contribution in [-0.4, -0.2) is 24.3 Å². The van der Waals surface area contributed by atoms with Gasteiger partial charge in [-0.3, -0.25) is 9.59 Å². The Bertz CT molecular complexity index is 995. The number of esters is 1. The molecule has 3 aromatic rings. The van der Waals surface area contributed by atoms with Gasteiger partial charge in [-0.1, -0.05) is 54.6 Å². The number of carbonyl (C=O) groups is 3. The summed E-state index contributed by atoms with van der Waals surface area (Å²) >= 11 is 0. The highest BCUT2D eigenvalue weighted by atomic mass is 16.5. The number of rotatable bonds is 6. The number of anilines is 1. The van der Waals surface area contributed by atoms with Crippen molar-refractivity contribution in [2.24, 2.45) is 0 Å². The van der Waals surface area contributed by atoms with Crippen LogP contribution in [0.5, 0.6) is 0 Å². The Morgan fingerprint density at radius 2 is 1.32 bits per heavy atom. The minimum atomic E-state index is -0.498. The molecule has 28 heavy (non-hydrogen) atoms. The Hall–Kier alpha value is -3.73. The van der Waals surface area contributed by atoms with Crippen LogP contribution >= 0.6 is 0 Å². The minimum absolute atomic E-state index is 0.111. The molecule has 3 rings (SSSR count). The van der Waals surface area contributed by atoms with Crippen LogP contribution in [0.1, 0.15) is 43.6 Å². The second kappa shape index (κ2) is 8.77. The van der Waals surface area contributed by atoms with Gasteiger partial charge in [0.05, 0.1) is 17.9 Å². The van der Waals surface area contributed by atoms with Gasteiger partial charge in [-0.2, -0.15) is 0 Å². The van der Waals surface area contributed by atoms with Crippen molar-refractivity contribution < 1.29 is 19.1 Å². The van der Waals surface area contributed by atoms with Gasteiger partial charge in [-0.05, 0) is 31.2 Å². The minimum Gasteiger partial charge on any atom is -0.462 e. The van der Waals surface area contributed by atoms with E-state index in [1.54, 1.807) is 79.7 Å². The van der Waals surface area contributed by atoms with Crippen molar-refractivity contribution in [3.8, 4) is 0 Å². The molecule has 1 amide bonds. The Labute approximate surface area is 163 Å². The molecular weight excluding hydrogens is 354 g/mol. The lowest BCUT2D eigenvalue weighted by molar-refractivity contribution is 0.0527. The monoisotopic (exact) mass is 373 g/mol. The number of ether oxygens (including phenoxy) is 1. The van der Waals surface area contributed by atoms with E-state index in [4.69, 9.17) is 4.74 Å². The van der Waals surface area contributed by atoms with Crippen molar-refractivity contribution in [3.05, 3.63) is 101 Å². The van der Waals surface area contributed by atoms with Crippen LogP contribution in [0.3, 0.4) is 0 Å². The van der Waals surface area contributed by atoms with E-state index in [0.717, 1.165) is 0 Å². The van der Waals surface area contributed by atoms with Crippen molar-refractivity contribution >= 4 is 23.3 Å². The van der Waals surface area contributed by atoms with Crippen molar-refractivity contribution in [1.29, 1.82) is 0 Å². The summed E-state index contributed by atoms with van der Waals surface area (Å²) in [6, 6.07) is 22.0. The van der Waals surface area contributed by atoms with Gasteiger partial charge in [0, 0.05) is 16.7 Å². The number of ketones is 1. The molecule has 5 nitrogen and oxygen atoms in total. The Morgan fingerprint density at radius 3 is 2.00 bits per heavy atom. The maximum absolute atomic E-state index is 12.5. The lowest BCUT2D eigenvalue weighted by Gasteiger charge is -2.10. The highest BCUT2D eigenvalue weighted by Crippen LogP contribution is 2.18. The summed E-state index contributed by atoms with van der Waals surface area (Å²) < 4.78 is 5.01. The fourth-order valence-electron chi connectivity index (χ4n) is 2.70. The number of nitrogens with one attached hydrogen (secondary N) is 1. The standard InChI is InChI=1S/C23H19NO4/c1-2-28-23(27)19-10-6-7-11-20(19)24-22(26)18-14-12-17(13-15-18)21(25)16-8-4-3-5-9-16/h3-15H,2H2,1H3,(H,24,26). The Kier molecular flexibility index (Phi) is 5.97. The molecule has 0 atom stereocenters. The molecule has 0 saturated carbocycles. The van der Waals surface area contributed by atoms with Crippen LogP contribution in [0.4, 0.5) is 5.69 Å². The van der Waals surface area contributed by atoms with E-state index in [1.165, 1.54) is 0 Å². The fourth-order valence-corrected chi connectivity index (χ4v) is 2.70. The average Bonchev–Trinajstić information content (AvgIpc) is 2.74. The molecule has 0 fully saturated rings. The average molecular weight is 373 g/mol. The largest absolute Gasteiger partial charge is 0.462 e. The molecule has 0 radical (unpaired) electrons. The summed E-state index contributed by atoms with van der Waals surface area (Å²) in [6.45, 7) is 1.97. The van der Waals surface area contributed by atoms with Gasteiger partial charge >= 0.3 is 5.97 Å². The first-order valence-electron chi connectivity index (χ1n) is 8.87. The first-order chi connectivity index (χ1) is 13.6. The predicted octanol–water partition coefficient (Wildman–Crippen LogP) is 4.35. The fraction of sp³-hybridized carbons (Fsp3) is 0.0870. The van der Waals surface area contributed by atoms with Crippen molar-refractivity contribution in [2.75, 3.05) is 11.9 Å². The highest BCUT2D eigenvalue weighted by Gasteiger charge is 2.15. The molecule has 0 aliphatic rings. The van der Waals surface area contributed by atoms with Gasteiger partial charge in [-0.25, -0.2) is 4.79 Å². The molecule has 5 heteroatoms. The summed E-state index contributed by atoms with van der Waals surface area (Å²) in [7, 11) is 0. The zero-order chi connectivity index (χ0) is 19.9. The third-order valence-corrected chi connectivity index (χ3v) is 4.12. The molecule has 0 aromatic heterocycles. The first kappa shape index (κ1) is 19.0. The second-order valence-electron chi connectivity index (χ2n) is 5.99. The SMILES string of the molecule is CCOC(=O)c1ccccc1NC(=O)c1ccc(C(=O)c2ccccc2)cc1. The molecule has 140 valence electrons. The van der Waals surface area contributed by atoms with Crippen LogP contribution in [0, 0.1) is 0 Å². The summed E-state index contributed by atoms with van der Waals surface area (Å²) in [6.07, 6.45) is 0. The first-order valence-corrected chi connectivity index (χ1v) is 8.87. The zero-order valence-corrected chi connectivity index (χ0v) is 15.3. The zero-order valence-electron chi connectivity index (χ0n) is 15.3. The molecule has 0 bridgehead atoms. The molecule has 0 unspecified atom stereocenters. The Morgan fingerprint density at radius 1 is 0.750 bits per heavy atom. The molecule has 0 saturated heterocycles. The van der Waals surface area contributed by atoms with E-state index in [2.05, 4.69) is 5.32 Å². The summed E-state index contributed by atoms with van der Waals surface area (Å²) in [4.78, 5) is 37.0. The molecule has 0 aliphatic carbocycles. The van der Waals surface area contributed by atoms with Gasteiger partial charge in [0.2, 0.25) is 0 Å². The van der Waals surface area contributed by atoms with E-state index in [0.29, 0.717) is 22.4 Å². The van der Waals surface area contributed by atoms with Crippen LogP contribution in [0.2, 0.25) is 0 Å². The number of carbonyl (C=O) groups excluding carboxylic acids is 3. The normalized spacial score (nSPS) is 10.2. The number of amides is 1. The maximum Gasteiger partial charge on any atom is 0.340 e. The number of hydrogen-bond acceptors (Lipinski definition) is 4. The summed E-state index contributed by atoms with van der Waals surface area (Å²) in [5.74, 6) is -0.988. The van der Waals surface area contributed by atoms with Gasteiger partial charge in [0.1, 0.15) is 0 Å². The predicted molar refractivity (Wildman–Crippen MR) is 107 cm³/mol. The molecular formula is C23H19NO4. The van der Waals surface area contributed by atoms with Gasteiger partial charge in [0.25, 0.3) is 5.91 Å².